The van der Waals surface area contributed by atoms with Crippen molar-refractivity contribution in [3.05, 3.63) is 34.1 Å². The van der Waals surface area contributed by atoms with Gasteiger partial charge < -0.3 is 10.4 Å². The van der Waals surface area contributed by atoms with Crippen LogP contribution in [0.4, 0.5) is 15.8 Å². The van der Waals surface area contributed by atoms with Crippen LogP contribution < -0.4 is 5.32 Å². The summed E-state index contributed by atoms with van der Waals surface area (Å²) in [6.45, 7) is 3.50. The molecule has 1 rings (SSSR count). The number of nitro benzene ring substituents is 1. The van der Waals surface area contributed by atoms with Crippen LogP contribution in [0.5, 0.6) is 0 Å². The average Bonchev–Trinajstić information content (AvgIpc) is 2.40. The molecule has 6 nitrogen and oxygen atoms in total. The minimum atomic E-state index is -0.822. The Morgan fingerprint density at radius 1 is 1.43 bits per heavy atom. The monoisotopic (exact) mass is 298 g/mol. The van der Waals surface area contributed by atoms with Crippen molar-refractivity contribution in [3.8, 4) is 0 Å². The van der Waals surface area contributed by atoms with Gasteiger partial charge in [0.15, 0.2) is 5.82 Å². The van der Waals surface area contributed by atoms with Crippen LogP contribution in [0.1, 0.15) is 33.1 Å². The Hall–Kier alpha value is -2.18. The van der Waals surface area contributed by atoms with Crippen LogP contribution in [0.3, 0.4) is 0 Å². The van der Waals surface area contributed by atoms with E-state index in [1.54, 1.807) is 6.92 Å². The maximum atomic E-state index is 13.7. The smallest absolute Gasteiger partial charge is 0.306 e. The molecule has 1 aromatic carbocycles. The predicted molar refractivity (Wildman–Crippen MR) is 76.8 cm³/mol. The number of carboxylic acids is 1. The number of halogens is 1. The first-order valence-electron chi connectivity index (χ1n) is 6.74. The molecule has 0 amide bonds. The first kappa shape index (κ1) is 16.9. The van der Waals surface area contributed by atoms with E-state index in [0.717, 1.165) is 6.07 Å². The minimum Gasteiger partial charge on any atom is -0.481 e. The molecular weight excluding hydrogens is 279 g/mol. The molecule has 0 saturated heterocycles. The fourth-order valence-electron chi connectivity index (χ4n) is 1.93. The summed E-state index contributed by atoms with van der Waals surface area (Å²) in [6.07, 6.45) is 1.95. The summed E-state index contributed by atoms with van der Waals surface area (Å²) >= 11 is 0. The molecule has 0 heterocycles. The highest BCUT2D eigenvalue weighted by molar-refractivity contribution is 5.69. The van der Waals surface area contributed by atoms with E-state index in [9.17, 15) is 19.3 Å². The van der Waals surface area contributed by atoms with Gasteiger partial charge in [-0.2, -0.15) is 0 Å². The number of nitrogens with zero attached hydrogens (tertiary/aromatic N) is 1. The Bertz CT molecular complexity index is 522. The fraction of sp³-hybridized carbons (Fsp3) is 0.500. The van der Waals surface area contributed by atoms with E-state index in [4.69, 9.17) is 5.11 Å². The number of nitrogens with one attached hydrogen (secondary N) is 1. The SMILES string of the molecule is CC(CCCC(C)C(=O)O)Nc1ccc([N+](=O)[O-])cc1F. The maximum absolute atomic E-state index is 13.7. The van der Waals surface area contributed by atoms with Crippen molar-refractivity contribution in [3.63, 3.8) is 0 Å². The van der Waals surface area contributed by atoms with Gasteiger partial charge in [0.1, 0.15) is 0 Å². The molecule has 0 aliphatic heterocycles. The molecule has 0 spiro atoms. The number of benzene rings is 1. The third kappa shape index (κ3) is 5.37. The molecule has 0 bridgehead atoms. The molecule has 116 valence electrons. The largest absolute Gasteiger partial charge is 0.481 e. The first-order valence-corrected chi connectivity index (χ1v) is 6.74. The summed E-state index contributed by atoms with van der Waals surface area (Å²) in [5, 5.41) is 22.2. The Kier molecular flexibility index (Phi) is 6.08. The summed E-state index contributed by atoms with van der Waals surface area (Å²) in [7, 11) is 0. The van der Waals surface area contributed by atoms with Crippen LogP contribution in [0.15, 0.2) is 18.2 Å². The lowest BCUT2D eigenvalue weighted by Gasteiger charge is -2.16. The third-order valence-electron chi connectivity index (χ3n) is 3.26. The van der Waals surface area contributed by atoms with E-state index >= 15 is 0 Å². The van der Waals surface area contributed by atoms with Crippen molar-refractivity contribution in [1.82, 2.24) is 0 Å². The zero-order valence-electron chi connectivity index (χ0n) is 12.0. The number of non-ortho nitro benzene ring substituents is 1. The van der Waals surface area contributed by atoms with Gasteiger partial charge in [-0.1, -0.05) is 13.3 Å². The van der Waals surface area contributed by atoms with E-state index in [2.05, 4.69) is 5.32 Å². The molecule has 0 radical (unpaired) electrons. The number of aliphatic carboxylic acids is 1. The van der Waals surface area contributed by atoms with Gasteiger partial charge in [0.25, 0.3) is 5.69 Å². The summed E-state index contributed by atoms with van der Waals surface area (Å²) in [6, 6.07) is 3.40. The van der Waals surface area contributed by atoms with Crippen molar-refractivity contribution in [2.45, 2.75) is 39.2 Å². The number of carbonyl (C=O) groups is 1. The number of hydrogen-bond acceptors (Lipinski definition) is 4. The Morgan fingerprint density at radius 3 is 2.62 bits per heavy atom. The van der Waals surface area contributed by atoms with Gasteiger partial charge in [0.05, 0.1) is 22.6 Å². The Balaban J connectivity index is 2.49. The maximum Gasteiger partial charge on any atom is 0.306 e. The molecule has 0 saturated carbocycles. The van der Waals surface area contributed by atoms with Crippen molar-refractivity contribution >= 4 is 17.3 Å². The second-order valence-electron chi connectivity index (χ2n) is 5.14. The number of rotatable bonds is 8. The van der Waals surface area contributed by atoms with E-state index in [0.29, 0.717) is 19.3 Å². The van der Waals surface area contributed by atoms with E-state index in [-0.39, 0.29) is 17.4 Å². The van der Waals surface area contributed by atoms with Crippen LogP contribution in [-0.2, 0) is 4.79 Å². The predicted octanol–water partition coefficient (Wildman–Crippen LogP) is 3.43. The van der Waals surface area contributed by atoms with Gasteiger partial charge in [-0.3, -0.25) is 14.9 Å². The highest BCUT2D eigenvalue weighted by atomic mass is 19.1. The van der Waals surface area contributed by atoms with Gasteiger partial charge in [-0.15, -0.1) is 0 Å². The number of carboxylic acid groups (broad SMARTS) is 1. The lowest BCUT2D eigenvalue weighted by atomic mass is 10.0. The normalized spacial score (nSPS) is 13.5. The van der Waals surface area contributed by atoms with E-state index in [1.165, 1.54) is 12.1 Å². The lowest BCUT2D eigenvalue weighted by molar-refractivity contribution is -0.385. The van der Waals surface area contributed by atoms with Gasteiger partial charge in [0, 0.05) is 12.1 Å². The van der Waals surface area contributed by atoms with Crippen molar-refractivity contribution in [2.75, 3.05) is 5.32 Å². The highest BCUT2D eigenvalue weighted by Crippen LogP contribution is 2.22. The van der Waals surface area contributed by atoms with Gasteiger partial charge >= 0.3 is 5.97 Å². The number of nitro groups is 1. The molecule has 0 fully saturated rings. The minimum absolute atomic E-state index is 0.0537. The number of anilines is 1. The zero-order chi connectivity index (χ0) is 16.0. The second-order valence-corrected chi connectivity index (χ2v) is 5.14. The standard InChI is InChI=1S/C14H19FN2O4/c1-9(14(18)19)4-3-5-10(2)16-13-7-6-11(17(20)21)8-12(13)15/h6-10,16H,3-5H2,1-2H3,(H,18,19). The average molecular weight is 298 g/mol. The first-order chi connectivity index (χ1) is 9.81. The molecule has 2 atom stereocenters. The molecule has 2 N–H and O–H groups in total. The van der Waals surface area contributed by atoms with Crippen LogP contribution in [-0.4, -0.2) is 22.0 Å². The summed E-state index contributed by atoms with van der Waals surface area (Å²) in [4.78, 5) is 20.5. The molecule has 0 aromatic heterocycles. The van der Waals surface area contributed by atoms with Crippen LogP contribution in [0.2, 0.25) is 0 Å². The van der Waals surface area contributed by atoms with Crippen molar-refractivity contribution in [2.24, 2.45) is 5.92 Å². The van der Waals surface area contributed by atoms with Gasteiger partial charge in [-0.05, 0) is 25.8 Å². The van der Waals surface area contributed by atoms with Crippen molar-refractivity contribution < 1.29 is 19.2 Å². The van der Waals surface area contributed by atoms with E-state index < -0.39 is 22.6 Å². The van der Waals surface area contributed by atoms with Crippen LogP contribution >= 0.6 is 0 Å². The fourth-order valence-corrected chi connectivity index (χ4v) is 1.93. The molecule has 0 aliphatic carbocycles. The Labute approximate surface area is 122 Å². The molecular formula is C14H19FN2O4. The Morgan fingerprint density at radius 2 is 2.10 bits per heavy atom. The molecule has 2 unspecified atom stereocenters. The molecule has 7 heteroatoms. The molecule has 1 aromatic rings. The topological polar surface area (TPSA) is 92.5 Å². The van der Waals surface area contributed by atoms with Crippen LogP contribution in [0, 0.1) is 21.8 Å². The number of hydrogen-bond donors (Lipinski definition) is 2. The van der Waals surface area contributed by atoms with E-state index in [1.807, 2.05) is 6.92 Å². The highest BCUT2D eigenvalue weighted by Gasteiger charge is 2.14. The summed E-state index contributed by atoms with van der Waals surface area (Å²) in [5.41, 5.74) is -0.0830. The lowest BCUT2D eigenvalue weighted by Crippen LogP contribution is -2.17. The second kappa shape index (κ2) is 7.56. The zero-order valence-corrected chi connectivity index (χ0v) is 12.0. The third-order valence-corrected chi connectivity index (χ3v) is 3.26. The van der Waals surface area contributed by atoms with Gasteiger partial charge in [0.2, 0.25) is 0 Å². The van der Waals surface area contributed by atoms with Crippen LogP contribution in [0.25, 0.3) is 0 Å². The van der Waals surface area contributed by atoms with Gasteiger partial charge in [-0.25, -0.2) is 4.39 Å². The summed E-state index contributed by atoms with van der Waals surface area (Å²) < 4.78 is 13.7. The molecule has 0 aliphatic rings. The quantitative estimate of drug-likeness (QED) is 0.566. The summed E-state index contributed by atoms with van der Waals surface area (Å²) in [5.74, 6) is -1.89. The van der Waals surface area contributed by atoms with Crippen molar-refractivity contribution in [1.29, 1.82) is 0 Å². The molecule has 21 heavy (non-hydrogen) atoms.